The summed E-state index contributed by atoms with van der Waals surface area (Å²) >= 11 is 0. The molecule has 0 unspecified atom stereocenters. The van der Waals surface area contributed by atoms with Crippen molar-refractivity contribution in [3.63, 3.8) is 0 Å². The van der Waals surface area contributed by atoms with Crippen LogP contribution in [0.3, 0.4) is 0 Å². The Morgan fingerprint density at radius 2 is 0.750 bits per heavy atom. The molecule has 28 heavy (non-hydrogen) atoms. The zero-order valence-corrected chi connectivity index (χ0v) is 18.8. The standard InChI is InChI=1S/C26H46O2/c1-3-5-7-9-11-13-15-17-19-23-21-26(28)24(22-25(23)27)20-18-16-14-12-10-8-6-4-2/h21-22,27-28H,3-20H2,1-2H3. The van der Waals surface area contributed by atoms with Gasteiger partial charge in [-0.1, -0.05) is 104 Å². The summed E-state index contributed by atoms with van der Waals surface area (Å²) in [4.78, 5) is 0. The van der Waals surface area contributed by atoms with Crippen LogP contribution in [0.5, 0.6) is 11.5 Å². The molecule has 0 amide bonds. The first-order chi connectivity index (χ1) is 13.7. The fraction of sp³-hybridized carbons (Fsp3) is 0.769. The summed E-state index contributed by atoms with van der Waals surface area (Å²) in [6, 6.07) is 3.60. The summed E-state index contributed by atoms with van der Waals surface area (Å²) in [6.45, 7) is 4.51. The molecule has 1 rings (SSSR count). The molecule has 0 aliphatic rings. The fourth-order valence-electron chi connectivity index (χ4n) is 3.96. The van der Waals surface area contributed by atoms with Gasteiger partial charge in [0.25, 0.3) is 0 Å². The van der Waals surface area contributed by atoms with Crippen LogP contribution >= 0.6 is 0 Å². The second kappa shape index (κ2) is 16.7. The van der Waals surface area contributed by atoms with Crippen molar-refractivity contribution in [2.75, 3.05) is 0 Å². The number of phenolic OH excluding ortho intramolecular Hbond substituents is 2. The molecule has 0 radical (unpaired) electrons. The summed E-state index contributed by atoms with van der Waals surface area (Å²) in [5, 5.41) is 20.7. The lowest BCUT2D eigenvalue weighted by atomic mass is 9.99. The van der Waals surface area contributed by atoms with Crippen LogP contribution in [0.1, 0.15) is 128 Å². The van der Waals surface area contributed by atoms with Crippen molar-refractivity contribution >= 4 is 0 Å². The van der Waals surface area contributed by atoms with Gasteiger partial charge >= 0.3 is 0 Å². The molecule has 1 aromatic carbocycles. The van der Waals surface area contributed by atoms with E-state index in [1.165, 1.54) is 89.9 Å². The molecule has 0 atom stereocenters. The Bertz CT molecular complexity index is 450. The first kappa shape index (κ1) is 24.9. The van der Waals surface area contributed by atoms with Crippen LogP contribution < -0.4 is 0 Å². The van der Waals surface area contributed by atoms with Crippen molar-refractivity contribution in [3.8, 4) is 11.5 Å². The Morgan fingerprint density at radius 1 is 0.464 bits per heavy atom. The molecular formula is C26H46O2. The molecule has 0 saturated heterocycles. The van der Waals surface area contributed by atoms with E-state index in [4.69, 9.17) is 0 Å². The van der Waals surface area contributed by atoms with Gasteiger partial charge in [-0.3, -0.25) is 0 Å². The predicted octanol–water partition coefficient (Wildman–Crippen LogP) is 8.46. The van der Waals surface area contributed by atoms with Gasteiger partial charge in [-0.05, 0) is 48.9 Å². The smallest absolute Gasteiger partial charge is 0.119 e. The van der Waals surface area contributed by atoms with E-state index < -0.39 is 0 Å². The Balaban J connectivity index is 2.20. The average Bonchev–Trinajstić information content (AvgIpc) is 2.69. The number of aromatic hydroxyl groups is 2. The Labute approximate surface area is 174 Å². The molecule has 1 aromatic rings. The number of unbranched alkanes of at least 4 members (excludes halogenated alkanes) is 14. The highest BCUT2D eigenvalue weighted by Gasteiger charge is 2.09. The molecule has 0 aromatic heterocycles. The number of hydrogen-bond donors (Lipinski definition) is 2. The van der Waals surface area contributed by atoms with E-state index in [0.717, 1.165) is 36.8 Å². The third-order valence-electron chi connectivity index (χ3n) is 5.88. The lowest BCUT2D eigenvalue weighted by Gasteiger charge is -2.10. The first-order valence-corrected chi connectivity index (χ1v) is 12.2. The van der Waals surface area contributed by atoms with E-state index in [1.54, 1.807) is 12.1 Å². The molecule has 2 nitrogen and oxygen atoms in total. The second-order valence-electron chi connectivity index (χ2n) is 8.56. The van der Waals surface area contributed by atoms with Crippen LogP contribution in [0.25, 0.3) is 0 Å². The minimum atomic E-state index is 0.371. The lowest BCUT2D eigenvalue weighted by Crippen LogP contribution is -1.92. The lowest BCUT2D eigenvalue weighted by molar-refractivity contribution is 0.445. The molecule has 0 fully saturated rings. The molecule has 0 aliphatic heterocycles. The maximum atomic E-state index is 10.3. The van der Waals surface area contributed by atoms with Gasteiger partial charge in [0.1, 0.15) is 11.5 Å². The second-order valence-corrected chi connectivity index (χ2v) is 8.56. The van der Waals surface area contributed by atoms with Gasteiger partial charge in [0.15, 0.2) is 0 Å². The van der Waals surface area contributed by atoms with E-state index in [9.17, 15) is 10.2 Å². The zero-order valence-electron chi connectivity index (χ0n) is 18.8. The number of phenols is 2. The maximum Gasteiger partial charge on any atom is 0.119 e. The monoisotopic (exact) mass is 390 g/mol. The van der Waals surface area contributed by atoms with Gasteiger partial charge in [0.2, 0.25) is 0 Å². The number of hydrogen-bond acceptors (Lipinski definition) is 2. The van der Waals surface area contributed by atoms with Gasteiger partial charge < -0.3 is 10.2 Å². The molecule has 162 valence electrons. The topological polar surface area (TPSA) is 40.5 Å². The maximum absolute atomic E-state index is 10.3. The SMILES string of the molecule is CCCCCCCCCCc1cc(O)c(CCCCCCCCCC)cc1O. The van der Waals surface area contributed by atoms with Crippen LogP contribution in [0.15, 0.2) is 12.1 Å². The van der Waals surface area contributed by atoms with Crippen molar-refractivity contribution in [1.82, 2.24) is 0 Å². The molecule has 2 N–H and O–H groups in total. The minimum Gasteiger partial charge on any atom is -0.508 e. The van der Waals surface area contributed by atoms with E-state index in [2.05, 4.69) is 13.8 Å². The number of aryl methyl sites for hydroxylation is 2. The molecule has 2 heteroatoms. The summed E-state index contributed by atoms with van der Waals surface area (Å²) in [6.07, 6.45) is 22.3. The number of benzene rings is 1. The molecule has 0 aliphatic carbocycles. The van der Waals surface area contributed by atoms with Gasteiger partial charge in [0.05, 0.1) is 0 Å². The summed E-state index contributed by atoms with van der Waals surface area (Å²) in [5.74, 6) is 0.741. The van der Waals surface area contributed by atoms with Crippen LogP contribution in [0.2, 0.25) is 0 Å². The Morgan fingerprint density at radius 3 is 1.07 bits per heavy atom. The fourth-order valence-corrected chi connectivity index (χ4v) is 3.96. The Kier molecular flexibility index (Phi) is 14.9. The van der Waals surface area contributed by atoms with E-state index >= 15 is 0 Å². The minimum absolute atomic E-state index is 0.371. The van der Waals surface area contributed by atoms with E-state index in [1.807, 2.05) is 0 Å². The van der Waals surface area contributed by atoms with Crippen molar-refractivity contribution in [2.24, 2.45) is 0 Å². The van der Waals surface area contributed by atoms with Gasteiger partial charge in [-0.2, -0.15) is 0 Å². The normalized spacial score (nSPS) is 11.2. The zero-order chi connectivity index (χ0) is 20.5. The van der Waals surface area contributed by atoms with Crippen molar-refractivity contribution < 1.29 is 10.2 Å². The summed E-state index contributed by atoms with van der Waals surface area (Å²) in [5.41, 5.74) is 1.81. The largest absolute Gasteiger partial charge is 0.508 e. The summed E-state index contributed by atoms with van der Waals surface area (Å²) in [7, 11) is 0. The average molecular weight is 391 g/mol. The van der Waals surface area contributed by atoms with Crippen LogP contribution in [0, 0.1) is 0 Å². The summed E-state index contributed by atoms with van der Waals surface area (Å²) < 4.78 is 0. The van der Waals surface area contributed by atoms with Crippen molar-refractivity contribution in [1.29, 1.82) is 0 Å². The Hall–Kier alpha value is -1.18. The van der Waals surface area contributed by atoms with E-state index in [0.29, 0.717) is 11.5 Å². The van der Waals surface area contributed by atoms with Crippen LogP contribution in [-0.2, 0) is 12.8 Å². The predicted molar refractivity (Wildman–Crippen MR) is 122 cm³/mol. The third-order valence-corrected chi connectivity index (χ3v) is 5.88. The molecule has 0 heterocycles. The molecule has 0 bridgehead atoms. The molecule has 0 spiro atoms. The van der Waals surface area contributed by atoms with Crippen LogP contribution in [-0.4, -0.2) is 10.2 Å². The van der Waals surface area contributed by atoms with Crippen molar-refractivity contribution in [3.05, 3.63) is 23.3 Å². The van der Waals surface area contributed by atoms with E-state index in [-0.39, 0.29) is 0 Å². The first-order valence-electron chi connectivity index (χ1n) is 12.2. The molecular weight excluding hydrogens is 344 g/mol. The highest BCUT2D eigenvalue weighted by Crippen LogP contribution is 2.30. The molecule has 0 saturated carbocycles. The van der Waals surface area contributed by atoms with Crippen molar-refractivity contribution in [2.45, 2.75) is 129 Å². The highest BCUT2D eigenvalue weighted by molar-refractivity contribution is 5.45. The van der Waals surface area contributed by atoms with Crippen LogP contribution in [0.4, 0.5) is 0 Å². The number of rotatable bonds is 18. The third kappa shape index (κ3) is 11.6. The van der Waals surface area contributed by atoms with Gasteiger partial charge in [-0.25, -0.2) is 0 Å². The quantitative estimate of drug-likeness (QED) is 0.195. The van der Waals surface area contributed by atoms with Gasteiger partial charge in [0, 0.05) is 0 Å². The van der Waals surface area contributed by atoms with Gasteiger partial charge in [-0.15, -0.1) is 0 Å². The highest BCUT2D eigenvalue weighted by atomic mass is 16.3.